The summed E-state index contributed by atoms with van der Waals surface area (Å²) in [4.78, 5) is 11.0. The molecular formula is C15H23NO2. The Morgan fingerprint density at radius 1 is 1.06 bits per heavy atom. The SMILES string of the molecule is O=C(O)CC1(NC2C3CC4CC(C3)CC2C4)CC1. The summed E-state index contributed by atoms with van der Waals surface area (Å²) >= 11 is 0. The summed E-state index contributed by atoms with van der Waals surface area (Å²) in [6, 6.07) is 0.639. The van der Waals surface area contributed by atoms with Gasteiger partial charge in [-0.2, -0.15) is 0 Å². The van der Waals surface area contributed by atoms with Crippen molar-refractivity contribution in [3.05, 3.63) is 0 Å². The van der Waals surface area contributed by atoms with Crippen molar-refractivity contribution in [1.82, 2.24) is 5.32 Å². The zero-order chi connectivity index (χ0) is 12.3. The first-order valence-electron chi connectivity index (χ1n) is 7.63. The number of rotatable bonds is 4. The molecule has 100 valence electrons. The molecule has 5 fully saturated rings. The number of carboxylic acids is 1. The second-order valence-corrected chi connectivity index (χ2v) is 7.45. The smallest absolute Gasteiger partial charge is 0.305 e. The van der Waals surface area contributed by atoms with Crippen molar-refractivity contribution in [2.45, 2.75) is 62.9 Å². The van der Waals surface area contributed by atoms with E-state index >= 15 is 0 Å². The van der Waals surface area contributed by atoms with Crippen LogP contribution in [0.25, 0.3) is 0 Å². The largest absolute Gasteiger partial charge is 0.481 e. The molecule has 2 N–H and O–H groups in total. The Bertz CT molecular complexity index is 347. The van der Waals surface area contributed by atoms with E-state index in [1.54, 1.807) is 0 Å². The molecule has 5 aliphatic rings. The molecule has 0 aliphatic heterocycles. The first-order chi connectivity index (χ1) is 8.63. The van der Waals surface area contributed by atoms with Crippen LogP contribution in [0.15, 0.2) is 0 Å². The standard InChI is InChI=1S/C15H23NO2/c17-13(18)8-15(1-2-15)16-14-11-4-9-3-10(6-11)7-12(14)5-9/h9-12,14,16H,1-8H2,(H,17,18). The molecule has 0 spiro atoms. The predicted octanol–water partition coefficient (Wildman–Crippen LogP) is 2.41. The second kappa shape index (κ2) is 3.72. The van der Waals surface area contributed by atoms with Crippen LogP contribution in [0.1, 0.15) is 51.4 Å². The molecule has 18 heavy (non-hydrogen) atoms. The molecule has 4 bridgehead atoms. The lowest BCUT2D eigenvalue weighted by atomic mass is 9.54. The molecule has 0 radical (unpaired) electrons. The van der Waals surface area contributed by atoms with Gasteiger partial charge in [0.1, 0.15) is 0 Å². The molecule has 0 heterocycles. The van der Waals surface area contributed by atoms with Crippen LogP contribution in [0.4, 0.5) is 0 Å². The molecule has 5 aliphatic carbocycles. The lowest BCUT2D eigenvalue weighted by Crippen LogP contribution is -2.57. The maximum atomic E-state index is 11.0. The summed E-state index contributed by atoms with van der Waals surface area (Å²) < 4.78 is 0. The zero-order valence-electron chi connectivity index (χ0n) is 10.9. The van der Waals surface area contributed by atoms with E-state index in [1.807, 2.05) is 0 Å². The van der Waals surface area contributed by atoms with Gasteiger partial charge < -0.3 is 10.4 Å². The molecule has 0 aromatic carbocycles. The Balaban J connectivity index is 1.47. The first kappa shape index (κ1) is 11.3. The van der Waals surface area contributed by atoms with E-state index in [9.17, 15) is 4.79 Å². The third kappa shape index (κ3) is 1.78. The van der Waals surface area contributed by atoms with Crippen molar-refractivity contribution in [2.24, 2.45) is 23.7 Å². The quantitative estimate of drug-likeness (QED) is 0.804. The van der Waals surface area contributed by atoms with Crippen LogP contribution in [0, 0.1) is 23.7 Å². The summed E-state index contributed by atoms with van der Waals surface area (Å²) in [5, 5.41) is 12.8. The van der Waals surface area contributed by atoms with Crippen LogP contribution in [-0.4, -0.2) is 22.7 Å². The van der Waals surface area contributed by atoms with E-state index in [4.69, 9.17) is 5.11 Å². The van der Waals surface area contributed by atoms with Crippen molar-refractivity contribution in [3.8, 4) is 0 Å². The van der Waals surface area contributed by atoms with Gasteiger partial charge >= 0.3 is 5.97 Å². The molecule has 0 aromatic heterocycles. The Kier molecular flexibility index (Phi) is 2.33. The van der Waals surface area contributed by atoms with Gasteiger partial charge in [0.15, 0.2) is 0 Å². The first-order valence-corrected chi connectivity index (χ1v) is 7.63. The van der Waals surface area contributed by atoms with Gasteiger partial charge in [0.05, 0.1) is 6.42 Å². The number of nitrogens with one attached hydrogen (secondary N) is 1. The Morgan fingerprint density at radius 3 is 2.06 bits per heavy atom. The fraction of sp³-hybridized carbons (Fsp3) is 0.933. The molecule has 0 amide bonds. The number of hydrogen-bond acceptors (Lipinski definition) is 2. The lowest BCUT2D eigenvalue weighted by molar-refractivity contribution is -0.138. The number of aliphatic carboxylic acids is 1. The van der Waals surface area contributed by atoms with E-state index in [2.05, 4.69) is 5.32 Å². The Hall–Kier alpha value is -0.570. The lowest BCUT2D eigenvalue weighted by Gasteiger charge is -2.55. The van der Waals surface area contributed by atoms with Crippen molar-refractivity contribution < 1.29 is 9.90 Å². The van der Waals surface area contributed by atoms with Gasteiger partial charge in [0.25, 0.3) is 0 Å². The zero-order valence-corrected chi connectivity index (χ0v) is 10.9. The predicted molar refractivity (Wildman–Crippen MR) is 68.2 cm³/mol. The maximum absolute atomic E-state index is 11.0. The van der Waals surface area contributed by atoms with Crippen molar-refractivity contribution in [1.29, 1.82) is 0 Å². The van der Waals surface area contributed by atoms with Gasteiger partial charge in [-0.05, 0) is 68.6 Å². The topological polar surface area (TPSA) is 49.3 Å². The van der Waals surface area contributed by atoms with Crippen molar-refractivity contribution >= 4 is 5.97 Å². The minimum atomic E-state index is -0.635. The summed E-state index contributed by atoms with van der Waals surface area (Å²) in [6.45, 7) is 0. The fourth-order valence-electron chi connectivity index (χ4n) is 5.33. The summed E-state index contributed by atoms with van der Waals surface area (Å²) in [7, 11) is 0. The maximum Gasteiger partial charge on any atom is 0.305 e. The molecule has 0 aromatic rings. The van der Waals surface area contributed by atoms with E-state index in [1.165, 1.54) is 32.1 Å². The molecule has 5 rings (SSSR count). The fourth-order valence-corrected chi connectivity index (χ4v) is 5.33. The van der Waals surface area contributed by atoms with Gasteiger partial charge in [0, 0.05) is 11.6 Å². The second-order valence-electron chi connectivity index (χ2n) is 7.45. The van der Waals surface area contributed by atoms with E-state index in [-0.39, 0.29) is 5.54 Å². The highest BCUT2D eigenvalue weighted by molar-refractivity contribution is 5.69. The molecular weight excluding hydrogens is 226 g/mol. The molecule has 0 unspecified atom stereocenters. The molecule has 0 saturated heterocycles. The van der Waals surface area contributed by atoms with Gasteiger partial charge in [-0.3, -0.25) is 4.79 Å². The van der Waals surface area contributed by atoms with Crippen molar-refractivity contribution in [2.75, 3.05) is 0 Å². The van der Waals surface area contributed by atoms with Crippen LogP contribution in [0.2, 0.25) is 0 Å². The average Bonchev–Trinajstić information content (AvgIpc) is 3.01. The van der Waals surface area contributed by atoms with Crippen molar-refractivity contribution in [3.63, 3.8) is 0 Å². The molecule has 5 saturated carbocycles. The van der Waals surface area contributed by atoms with Crippen LogP contribution in [-0.2, 0) is 4.79 Å². The third-order valence-corrected chi connectivity index (χ3v) is 6.04. The van der Waals surface area contributed by atoms with E-state index in [0.29, 0.717) is 12.5 Å². The molecule has 3 nitrogen and oxygen atoms in total. The monoisotopic (exact) mass is 249 g/mol. The minimum absolute atomic E-state index is 0.0220. The summed E-state index contributed by atoms with van der Waals surface area (Å²) in [5.74, 6) is 3.07. The highest BCUT2D eigenvalue weighted by Gasteiger charge is 2.53. The van der Waals surface area contributed by atoms with Crippen LogP contribution in [0.3, 0.4) is 0 Å². The normalized spacial score (nSPS) is 47.2. The van der Waals surface area contributed by atoms with Crippen LogP contribution >= 0.6 is 0 Å². The van der Waals surface area contributed by atoms with E-state index < -0.39 is 5.97 Å². The molecule has 3 heteroatoms. The summed E-state index contributed by atoms with van der Waals surface area (Å²) in [5.41, 5.74) is -0.0220. The van der Waals surface area contributed by atoms with Crippen LogP contribution < -0.4 is 5.32 Å². The highest BCUT2D eigenvalue weighted by atomic mass is 16.4. The highest BCUT2D eigenvalue weighted by Crippen LogP contribution is 2.55. The third-order valence-electron chi connectivity index (χ3n) is 6.04. The van der Waals surface area contributed by atoms with Gasteiger partial charge in [-0.1, -0.05) is 0 Å². The average molecular weight is 249 g/mol. The number of carboxylic acid groups (broad SMARTS) is 1. The van der Waals surface area contributed by atoms with Gasteiger partial charge in [0.2, 0.25) is 0 Å². The number of carbonyl (C=O) groups is 1. The van der Waals surface area contributed by atoms with E-state index in [0.717, 1.165) is 36.5 Å². The van der Waals surface area contributed by atoms with Crippen LogP contribution in [0.5, 0.6) is 0 Å². The Labute approximate surface area is 108 Å². The summed E-state index contributed by atoms with van der Waals surface area (Å²) in [6.07, 6.45) is 9.60. The molecule has 0 atom stereocenters. The van der Waals surface area contributed by atoms with Gasteiger partial charge in [-0.25, -0.2) is 0 Å². The number of hydrogen-bond donors (Lipinski definition) is 2. The Morgan fingerprint density at radius 2 is 1.61 bits per heavy atom. The minimum Gasteiger partial charge on any atom is -0.481 e. The van der Waals surface area contributed by atoms with Gasteiger partial charge in [-0.15, -0.1) is 0 Å².